The number of aryl methyl sites for hydroxylation is 1. The summed E-state index contributed by atoms with van der Waals surface area (Å²) < 4.78 is 39.2. The lowest BCUT2D eigenvalue weighted by atomic mass is 10.1. The van der Waals surface area contributed by atoms with E-state index in [0.29, 0.717) is 11.4 Å². The Hall–Kier alpha value is -3.29. The number of methoxy groups -OCH3 is 1. The number of nitrogens with zero attached hydrogens (tertiary/aromatic N) is 3. The molecule has 8 heteroatoms. The van der Waals surface area contributed by atoms with E-state index in [1.807, 2.05) is 0 Å². The summed E-state index contributed by atoms with van der Waals surface area (Å²) >= 11 is 0. The number of hydrogen-bond acceptors (Lipinski definition) is 5. The Morgan fingerprint density at radius 1 is 1.15 bits per heavy atom. The van der Waals surface area contributed by atoms with Crippen molar-refractivity contribution in [1.29, 1.82) is 0 Å². The van der Waals surface area contributed by atoms with E-state index >= 15 is 0 Å². The van der Waals surface area contributed by atoms with Crippen molar-refractivity contribution < 1.29 is 23.0 Å². The molecule has 0 bridgehead atoms. The number of ether oxygens (including phenoxy) is 2. The van der Waals surface area contributed by atoms with Crippen LogP contribution >= 0.6 is 0 Å². The molecule has 2 aromatic heterocycles. The number of carbonyl (C=O) groups excluding carboxylic acids is 1. The largest absolute Gasteiger partial charge is 0.473 e. The summed E-state index contributed by atoms with van der Waals surface area (Å²) in [5.74, 6) is -1.77. The fourth-order valence-electron chi connectivity index (χ4n) is 2.30. The van der Waals surface area contributed by atoms with Crippen LogP contribution in [0.5, 0.6) is 5.88 Å². The molecule has 26 heavy (non-hydrogen) atoms. The van der Waals surface area contributed by atoms with Crippen LogP contribution in [0.25, 0.3) is 5.82 Å². The standard InChI is InChI=1S/C18H15F2N3O3/c1-11-3-4-13(17(20)16(11)19)10-26-15-6-8-22-23(15)14-9-12(5-7-21-14)18(24)25-2/h3-9H,10H2,1-2H3. The van der Waals surface area contributed by atoms with Gasteiger partial charge >= 0.3 is 5.97 Å². The van der Waals surface area contributed by atoms with Gasteiger partial charge in [-0.2, -0.15) is 9.78 Å². The lowest BCUT2D eigenvalue weighted by molar-refractivity contribution is 0.0600. The van der Waals surface area contributed by atoms with E-state index in [4.69, 9.17) is 4.74 Å². The molecule has 0 aliphatic heterocycles. The van der Waals surface area contributed by atoms with E-state index in [9.17, 15) is 13.6 Å². The number of pyridine rings is 1. The summed E-state index contributed by atoms with van der Waals surface area (Å²) in [5, 5.41) is 4.09. The van der Waals surface area contributed by atoms with Gasteiger partial charge in [-0.1, -0.05) is 12.1 Å². The van der Waals surface area contributed by atoms with Crippen LogP contribution in [0.4, 0.5) is 8.78 Å². The van der Waals surface area contributed by atoms with Crippen molar-refractivity contribution in [2.24, 2.45) is 0 Å². The number of aromatic nitrogens is 3. The average molecular weight is 359 g/mol. The van der Waals surface area contributed by atoms with Gasteiger partial charge in [0.2, 0.25) is 5.88 Å². The molecular weight excluding hydrogens is 344 g/mol. The Balaban J connectivity index is 1.84. The lowest BCUT2D eigenvalue weighted by Crippen LogP contribution is -2.08. The van der Waals surface area contributed by atoms with Gasteiger partial charge < -0.3 is 9.47 Å². The molecule has 1 aromatic carbocycles. The smallest absolute Gasteiger partial charge is 0.338 e. The highest BCUT2D eigenvalue weighted by Gasteiger charge is 2.14. The maximum absolute atomic E-state index is 14.0. The van der Waals surface area contributed by atoms with Crippen LogP contribution in [0.15, 0.2) is 42.7 Å². The van der Waals surface area contributed by atoms with Gasteiger partial charge in [0.1, 0.15) is 6.61 Å². The number of rotatable bonds is 5. The second-order valence-electron chi connectivity index (χ2n) is 5.43. The third-order valence-electron chi connectivity index (χ3n) is 3.72. The quantitative estimate of drug-likeness (QED) is 0.655. The minimum absolute atomic E-state index is 0.0807. The Morgan fingerprint density at radius 3 is 2.73 bits per heavy atom. The lowest BCUT2D eigenvalue weighted by Gasteiger charge is -2.10. The summed E-state index contributed by atoms with van der Waals surface area (Å²) in [7, 11) is 1.28. The van der Waals surface area contributed by atoms with Crippen LogP contribution in [0.2, 0.25) is 0 Å². The first kappa shape index (κ1) is 17.5. The molecule has 0 spiro atoms. The SMILES string of the molecule is COC(=O)c1ccnc(-n2nccc2OCc2ccc(C)c(F)c2F)c1. The maximum Gasteiger partial charge on any atom is 0.338 e. The zero-order chi connectivity index (χ0) is 18.7. The zero-order valence-corrected chi connectivity index (χ0v) is 14.1. The third kappa shape index (κ3) is 3.39. The Kier molecular flexibility index (Phi) is 4.92. The average Bonchev–Trinajstić information content (AvgIpc) is 3.13. The molecule has 2 heterocycles. The topological polar surface area (TPSA) is 66.2 Å². The molecule has 0 amide bonds. The number of esters is 1. The summed E-state index contributed by atoms with van der Waals surface area (Å²) in [6.45, 7) is 1.30. The molecular formula is C18H15F2N3O3. The Labute approximate surface area is 148 Å². The summed E-state index contributed by atoms with van der Waals surface area (Å²) in [4.78, 5) is 15.8. The van der Waals surface area contributed by atoms with Gasteiger partial charge in [-0.15, -0.1) is 0 Å². The van der Waals surface area contributed by atoms with Crippen LogP contribution in [0.3, 0.4) is 0 Å². The van der Waals surface area contributed by atoms with Crippen molar-refractivity contribution in [3.05, 3.63) is 71.1 Å². The predicted molar refractivity (Wildman–Crippen MR) is 88.1 cm³/mol. The zero-order valence-electron chi connectivity index (χ0n) is 14.1. The highest BCUT2D eigenvalue weighted by atomic mass is 19.2. The molecule has 3 aromatic rings. The van der Waals surface area contributed by atoms with E-state index in [0.717, 1.165) is 0 Å². The fraction of sp³-hybridized carbons (Fsp3) is 0.167. The summed E-state index contributed by atoms with van der Waals surface area (Å²) in [5.41, 5.74) is 0.600. The van der Waals surface area contributed by atoms with Gasteiger partial charge in [0.15, 0.2) is 17.5 Å². The molecule has 3 rings (SSSR count). The number of hydrogen-bond donors (Lipinski definition) is 0. The number of halogens is 2. The third-order valence-corrected chi connectivity index (χ3v) is 3.72. The van der Waals surface area contributed by atoms with E-state index in [-0.39, 0.29) is 23.6 Å². The van der Waals surface area contributed by atoms with E-state index in [2.05, 4.69) is 14.8 Å². The van der Waals surface area contributed by atoms with Crippen molar-refractivity contribution in [3.63, 3.8) is 0 Å². The minimum Gasteiger partial charge on any atom is -0.473 e. The molecule has 134 valence electrons. The van der Waals surface area contributed by atoms with Gasteiger partial charge in [0, 0.05) is 17.8 Å². The first-order valence-corrected chi connectivity index (χ1v) is 7.66. The first-order valence-electron chi connectivity index (χ1n) is 7.66. The highest BCUT2D eigenvalue weighted by Crippen LogP contribution is 2.20. The molecule has 0 unspecified atom stereocenters. The van der Waals surface area contributed by atoms with Crippen LogP contribution in [-0.2, 0) is 11.3 Å². The van der Waals surface area contributed by atoms with Gasteiger partial charge in [-0.25, -0.2) is 18.6 Å². The summed E-state index contributed by atoms with van der Waals surface area (Å²) in [6.07, 6.45) is 2.90. The molecule has 0 aliphatic rings. The molecule has 0 atom stereocenters. The highest BCUT2D eigenvalue weighted by molar-refractivity contribution is 5.89. The Bertz CT molecular complexity index is 957. The van der Waals surface area contributed by atoms with Gasteiger partial charge in [-0.05, 0) is 24.6 Å². The molecule has 0 saturated carbocycles. The number of carbonyl (C=O) groups is 1. The van der Waals surface area contributed by atoms with Crippen molar-refractivity contribution in [2.75, 3.05) is 7.11 Å². The molecule has 6 nitrogen and oxygen atoms in total. The van der Waals surface area contributed by atoms with Gasteiger partial charge in [-0.3, -0.25) is 0 Å². The second kappa shape index (κ2) is 7.30. The van der Waals surface area contributed by atoms with Crippen LogP contribution in [-0.4, -0.2) is 27.8 Å². The summed E-state index contributed by atoms with van der Waals surface area (Å²) in [6, 6.07) is 7.48. The molecule has 0 N–H and O–H groups in total. The van der Waals surface area contributed by atoms with Crippen molar-refractivity contribution >= 4 is 5.97 Å². The predicted octanol–water partition coefficient (Wildman–Crippen LogP) is 3.22. The monoisotopic (exact) mass is 359 g/mol. The van der Waals surface area contributed by atoms with Crippen LogP contribution in [0.1, 0.15) is 21.5 Å². The van der Waals surface area contributed by atoms with Gasteiger partial charge in [0.25, 0.3) is 0 Å². The van der Waals surface area contributed by atoms with E-state index < -0.39 is 17.6 Å². The molecule has 0 radical (unpaired) electrons. The van der Waals surface area contributed by atoms with Crippen LogP contribution in [0, 0.1) is 18.6 Å². The first-order chi connectivity index (χ1) is 12.5. The normalized spacial score (nSPS) is 10.6. The van der Waals surface area contributed by atoms with Crippen molar-refractivity contribution in [1.82, 2.24) is 14.8 Å². The van der Waals surface area contributed by atoms with E-state index in [1.165, 1.54) is 55.4 Å². The molecule has 0 fully saturated rings. The molecule has 0 saturated heterocycles. The molecule has 0 aliphatic carbocycles. The Morgan fingerprint density at radius 2 is 1.96 bits per heavy atom. The second-order valence-corrected chi connectivity index (χ2v) is 5.43. The number of benzene rings is 1. The van der Waals surface area contributed by atoms with Gasteiger partial charge in [0.05, 0.1) is 18.9 Å². The van der Waals surface area contributed by atoms with Crippen molar-refractivity contribution in [3.8, 4) is 11.7 Å². The minimum atomic E-state index is -0.943. The maximum atomic E-state index is 14.0. The fourth-order valence-corrected chi connectivity index (χ4v) is 2.30. The van der Waals surface area contributed by atoms with Crippen LogP contribution < -0.4 is 4.74 Å². The van der Waals surface area contributed by atoms with Crippen molar-refractivity contribution in [2.45, 2.75) is 13.5 Å². The van der Waals surface area contributed by atoms with E-state index in [1.54, 1.807) is 6.07 Å².